The molecule has 1 aromatic heterocycles. The van der Waals surface area contributed by atoms with E-state index >= 15 is 0 Å². The van der Waals surface area contributed by atoms with E-state index in [0.717, 1.165) is 16.4 Å². The number of rotatable bonds is 7. The molecule has 3 aromatic rings. The van der Waals surface area contributed by atoms with Crippen molar-refractivity contribution in [2.24, 2.45) is 0 Å². The molecule has 0 radical (unpaired) electrons. The number of benzene rings is 2. The van der Waals surface area contributed by atoms with Crippen LogP contribution in [-0.2, 0) is 11.3 Å². The first-order valence-corrected chi connectivity index (χ1v) is 9.60. The molecular weight excluding hydrogens is 470 g/mol. The molecule has 0 spiro atoms. The van der Waals surface area contributed by atoms with Crippen LogP contribution in [0.2, 0.25) is 0 Å². The molecule has 2 amide bonds. The van der Waals surface area contributed by atoms with Crippen LogP contribution >= 0.6 is 15.9 Å². The van der Waals surface area contributed by atoms with E-state index in [-0.39, 0.29) is 23.8 Å². The quantitative estimate of drug-likeness (QED) is 0.374. The molecule has 10 nitrogen and oxygen atoms in total. The van der Waals surface area contributed by atoms with Crippen molar-refractivity contribution in [3.8, 4) is 5.75 Å². The minimum atomic E-state index is -1.36. The largest absolute Gasteiger partial charge is 0.508 e. The van der Waals surface area contributed by atoms with E-state index < -0.39 is 17.6 Å². The molecule has 158 valence electrons. The summed E-state index contributed by atoms with van der Waals surface area (Å²) >= 11 is 3.24. The molecule has 2 aromatic carbocycles. The molecule has 0 aliphatic carbocycles. The van der Waals surface area contributed by atoms with E-state index in [0.29, 0.717) is 10.0 Å². The number of aliphatic carboxylic acids is 1. The Morgan fingerprint density at radius 2 is 1.94 bits per heavy atom. The first kappa shape index (κ1) is 21.7. The number of aromatic nitrogens is 3. The van der Waals surface area contributed by atoms with E-state index in [4.69, 9.17) is 0 Å². The first-order chi connectivity index (χ1) is 14.8. The van der Waals surface area contributed by atoms with Gasteiger partial charge in [-0.1, -0.05) is 17.3 Å². The Labute approximate surface area is 184 Å². The van der Waals surface area contributed by atoms with Crippen molar-refractivity contribution in [1.29, 1.82) is 0 Å². The fourth-order valence-electron chi connectivity index (χ4n) is 2.54. The Kier molecular flexibility index (Phi) is 6.78. The maximum Gasteiger partial charge on any atom is 0.354 e. The summed E-state index contributed by atoms with van der Waals surface area (Å²) in [4.78, 5) is 36.3. The SMILES string of the molecule is O=C(O)/C(=C/n1ccnn1)NC(=O)c1ccc(C(=O)NCc2cccc(O)c2)cc1Br. The van der Waals surface area contributed by atoms with Gasteiger partial charge in [-0.2, -0.15) is 0 Å². The summed E-state index contributed by atoms with van der Waals surface area (Å²) in [6, 6.07) is 10.8. The molecule has 0 atom stereocenters. The Morgan fingerprint density at radius 3 is 2.58 bits per heavy atom. The number of hydrogen-bond donors (Lipinski definition) is 4. The molecule has 0 aliphatic heterocycles. The van der Waals surface area contributed by atoms with Crippen LogP contribution in [0.5, 0.6) is 5.75 Å². The van der Waals surface area contributed by atoms with Crippen LogP contribution in [-0.4, -0.2) is 43.0 Å². The molecule has 0 fully saturated rings. The van der Waals surface area contributed by atoms with Crippen LogP contribution in [0.4, 0.5) is 0 Å². The number of carboxylic acids is 1. The summed E-state index contributed by atoms with van der Waals surface area (Å²) in [5.74, 6) is -2.33. The number of aromatic hydroxyl groups is 1. The molecule has 3 rings (SSSR count). The highest BCUT2D eigenvalue weighted by atomic mass is 79.9. The van der Waals surface area contributed by atoms with Crippen molar-refractivity contribution in [2.75, 3.05) is 0 Å². The van der Waals surface area contributed by atoms with Crippen molar-refractivity contribution >= 4 is 39.9 Å². The van der Waals surface area contributed by atoms with Crippen molar-refractivity contribution in [3.05, 3.63) is 81.7 Å². The number of nitrogens with zero attached hydrogens (tertiary/aromatic N) is 3. The zero-order valence-electron chi connectivity index (χ0n) is 15.8. The normalized spacial score (nSPS) is 11.1. The monoisotopic (exact) mass is 485 g/mol. The number of carbonyl (C=O) groups excluding carboxylic acids is 2. The van der Waals surface area contributed by atoms with Crippen LogP contribution in [0, 0.1) is 0 Å². The fourth-order valence-corrected chi connectivity index (χ4v) is 3.10. The van der Waals surface area contributed by atoms with Gasteiger partial charge in [0, 0.05) is 16.6 Å². The standard InChI is InChI=1S/C20H16BrN5O5/c21-16-9-13(18(28)22-10-12-2-1-3-14(27)8-12)4-5-15(16)19(29)24-17(20(30)31)11-26-7-6-23-25-26/h1-9,11,27H,10H2,(H,22,28)(H,24,29)(H,30,31)/b17-11-. The molecule has 0 unspecified atom stereocenters. The van der Waals surface area contributed by atoms with Crippen LogP contribution in [0.25, 0.3) is 6.20 Å². The third kappa shape index (κ3) is 5.76. The number of phenols is 1. The van der Waals surface area contributed by atoms with Gasteiger partial charge in [0.15, 0.2) is 0 Å². The number of nitrogens with one attached hydrogen (secondary N) is 2. The van der Waals surface area contributed by atoms with E-state index in [1.807, 2.05) is 0 Å². The van der Waals surface area contributed by atoms with Crippen LogP contribution < -0.4 is 10.6 Å². The summed E-state index contributed by atoms with van der Waals surface area (Å²) in [7, 11) is 0. The Morgan fingerprint density at radius 1 is 1.13 bits per heavy atom. The molecule has 11 heteroatoms. The van der Waals surface area contributed by atoms with Gasteiger partial charge < -0.3 is 20.8 Å². The Hall–Kier alpha value is -3.99. The highest BCUT2D eigenvalue weighted by Crippen LogP contribution is 2.19. The van der Waals surface area contributed by atoms with Gasteiger partial charge in [-0.25, -0.2) is 9.48 Å². The summed E-state index contributed by atoms with van der Waals surface area (Å²) in [6.45, 7) is 0.210. The van der Waals surface area contributed by atoms with E-state index in [1.54, 1.807) is 12.1 Å². The molecule has 0 saturated heterocycles. The molecule has 0 aliphatic rings. The van der Waals surface area contributed by atoms with Gasteiger partial charge in [-0.05, 0) is 51.8 Å². The average molecular weight is 486 g/mol. The van der Waals surface area contributed by atoms with Crippen molar-refractivity contribution < 1.29 is 24.6 Å². The molecule has 4 N–H and O–H groups in total. The molecule has 0 saturated carbocycles. The van der Waals surface area contributed by atoms with Crippen LogP contribution in [0.15, 0.2) is 65.0 Å². The van der Waals surface area contributed by atoms with E-state index in [1.165, 1.54) is 42.7 Å². The molecule has 0 bridgehead atoms. The van der Waals surface area contributed by atoms with Crippen LogP contribution in [0.1, 0.15) is 26.3 Å². The zero-order valence-corrected chi connectivity index (χ0v) is 17.4. The second kappa shape index (κ2) is 9.67. The summed E-state index contributed by atoms with van der Waals surface area (Å²) in [5, 5.41) is 31.0. The fraction of sp³-hybridized carbons (Fsp3) is 0.0500. The van der Waals surface area contributed by atoms with Crippen molar-refractivity contribution in [2.45, 2.75) is 6.54 Å². The number of hydrogen-bond acceptors (Lipinski definition) is 6. The number of phenolic OH excluding ortho intramolecular Hbond substituents is 1. The maximum atomic E-state index is 12.5. The van der Waals surface area contributed by atoms with Gasteiger partial charge >= 0.3 is 5.97 Å². The Balaban J connectivity index is 1.69. The second-order valence-corrected chi connectivity index (χ2v) is 7.09. The van der Waals surface area contributed by atoms with Gasteiger partial charge in [0.1, 0.15) is 11.4 Å². The lowest BCUT2D eigenvalue weighted by Crippen LogP contribution is -2.28. The summed E-state index contributed by atoms with van der Waals surface area (Å²) in [5.41, 5.74) is 0.745. The number of carbonyl (C=O) groups is 3. The first-order valence-electron chi connectivity index (χ1n) is 8.81. The lowest BCUT2D eigenvalue weighted by atomic mass is 10.1. The summed E-state index contributed by atoms with van der Waals surface area (Å²) < 4.78 is 1.44. The lowest BCUT2D eigenvalue weighted by Gasteiger charge is -2.10. The number of halogens is 1. The maximum absolute atomic E-state index is 12.5. The summed E-state index contributed by atoms with van der Waals surface area (Å²) in [6.07, 6.45) is 3.87. The van der Waals surface area contributed by atoms with Gasteiger partial charge in [0.25, 0.3) is 11.8 Å². The predicted octanol–water partition coefficient (Wildman–Crippen LogP) is 1.99. The lowest BCUT2D eigenvalue weighted by molar-refractivity contribution is -0.132. The molecule has 31 heavy (non-hydrogen) atoms. The van der Waals surface area contributed by atoms with E-state index in [2.05, 4.69) is 36.9 Å². The average Bonchev–Trinajstić information content (AvgIpc) is 3.24. The third-order valence-corrected chi connectivity index (χ3v) is 4.68. The molecular formula is C20H16BrN5O5. The molecule has 1 heterocycles. The highest BCUT2D eigenvalue weighted by Gasteiger charge is 2.17. The van der Waals surface area contributed by atoms with Crippen LogP contribution in [0.3, 0.4) is 0 Å². The van der Waals surface area contributed by atoms with Gasteiger partial charge in [-0.15, -0.1) is 5.10 Å². The highest BCUT2D eigenvalue weighted by molar-refractivity contribution is 9.10. The minimum absolute atomic E-state index is 0.100. The van der Waals surface area contributed by atoms with Gasteiger partial charge in [0.2, 0.25) is 0 Å². The van der Waals surface area contributed by atoms with Gasteiger partial charge in [0.05, 0.1) is 24.2 Å². The van der Waals surface area contributed by atoms with E-state index in [9.17, 15) is 24.6 Å². The zero-order chi connectivity index (χ0) is 22.4. The minimum Gasteiger partial charge on any atom is -0.508 e. The van der Waals surface area contributed by atoms with Crippen molar-refractivity contribution in [3.63, 3.8) is 0 Å². The number of amides is 2. The Bertz CT molecular complexity index is 1160. The second-order valence-electron chi connectivity index (χ2n) is 6.23. The predicted molar refractivity (Wildman–Crippen MR) is 113 cm³/mol. The smallest absolute Gasteiger partial charge is 0.354 e. The van der Waals surface area contributed by atoms with Crippen molar-refractivity contribution in [1.82, 2.24) is 25.6 Å². The number of carboxylic acid groups (broad SMARTS) is 1. The third-order valence-electron chi connectivity index (χ3n) is 4.02. The topological polar surface area (TPSA) is 146 Å². The van der Waals surface area contributed by atoms with Gasteiger partial charge in [-0.3, -0.25) is 9.59 Å².